The number of pyridine rings is 1. The van der Waals surface area contributed by atoms with Crippen LogP contribution in [0.4, 0.5) is 5.82 Å². The van der Waals surface area contributed by atoms with Gasteiger partial charge in [0.25, 0.3) is 0 Å². The van der Waals surface area contributed by atoms with E-state index in [1.807, 2.05) is 32.9 Å². The highest BCUT2D eigenvalue weighted by Gasteiger charge is 2.18. The normalized spacial score (nSPS) is 12.3. The molecule has 100 valence electrons. The lowest BCUT2D eigenvalue weighted by molar-refractivity contribution is -0.0544. The average Bonchev–Trinajstić information content (AvgIpc) is 2.36. The lowest BCUT2D eigenvalue weighted by atomic mass is 10.1. The van der Waals surface area contributed by atoms with Crippen LogP contribution in [-0.2, 0) is 9.47 Å². The van der Waals surface area contributed by atoms with Gasteiger partial charge in [0, 0.05) is 20.4 Å². The maximum Gasteiger partial charge on any atom is 0.198 e. The molecule has 1 aromatic heterocycles. The van der Waals surface area contributed by atoms with Crippen molar-refractivity contribution < 1.29 is 9.47 Å². The maximum atomic E-state index is 5.22. The fourth-order valence-corrected chi connectivity index (χ4v) is 1.45. The molecule has 0 aliphatic rings. The predicted octanol–water partition coefficient (Wildman–Crippen LogP) is 2.43. The van der Waals surface area contributed by atoms with Crippen LogP contribution in [0.1, 0.15) is 19.4 Å². The minimum absolute atomic E-state index is 0.216. The summed E-state index contributed by atoms with van der Waals surface area (Å²) in [6.07, 6.45) is 1.35. The van der Waals surface area contributed by atoms with Crippen LogP contribution in [0, 0.1) is 12.8 Å². The molecular formula is C13H21N3O2. The molecule has 0 atom stereocenters. The summed E-state index contributed by atoms with van der Waals surface area (Å²) >= 11 is 0. The Kier molecular flexibility index (Phi) is 5.74. The van der Waals surface area contributed by atoms with E-state index in [4.69, 9.17) is 9.47 Å². The van der Waals surface area contributed by atoms with Crippen molar-refractivity contribution in [1.82, 2.24) is 4.98 Å². The highest BCUT2D eigenvalue weighted by molar-refractivity contribution is 5.89. The van der Waals surface area contributed by atoms with Crippen molar-refractivity contribution in [2.24, 2.45) is 11.0 Å². The Morgan fingerprint density at radius 3 is 2.39 bits per heavy atom. The molecule has 0 aromatic carbocycles. The minimum atomic E-state index is -0.442. The van der Waals surface area contributed by atoms with E-state index in [2.05, 4.69) is 15.5 Å². The van der Waals surface area contributed by atoms with E-state index in [1.54, 1.807) is 20.4 Å². The van der Waals surface area contributed by atoms with Gasteiger partial charge in [0.05, 0.1) is 5.71 Å². The van der Waals surface area contributed by atoms with Gasteiger partial charge < -0.3 is 9.47 Å². The number of aromatic nitrogens is 1. The molecular weight excluding hydrogens is 230 g/mol. The second kappa shape index (κ2) is 7.08. The standard InChI is InChI=1S/C13H21N3O2/c1-9(2)12(13(17-4)18-5)16-15-11-7-6-10(3)8-14-11/h6-9,13H,1-5H3,(H,14,15). The molecule has 0 radical (unpaired) electrons. The van der Waals surface area contributed by atoms with E-state index >= 15 is 0 Å². The first-order valence-electron chi connectivity index (χ1n) is 5.90. The molecule has 0 saturated heterocycles. The Balaban J connectivity index is 2.80. The van der Waals surface area contributed by atoms with Crippen molar-refractivity contribution in [1.29, 1.82) is 0 Å². The van der Waals surface area contributed by atoms with Gasteiger partial charge in [0.15, 0.2) is 6.29 Å². The van der Waals surface area contributed by atoms with Crippen LogP contribution in [0.3, 0.4) is 0 Å². The SMILES string of the molecule is COC(OC)C(=NNc1ccc(C)cn1)C(C)C. The van der Waals surface area contributed by atoms with E-state index in [0.29, 0.717) is 5.82 Å². The van der Waals surface area contributed by atoms with E-state index in [-0.39, 0.29) is 5.92 Å². The van der Waals surface area contributed by atoms with Gasteiger partial charge in [-0.25, -0.2) is 4.98 Å². The smallest absolute Gasteiger partial charge is 0.198 e. The predicted molar refractivity (Wildman–Crippen MR) is 72.7 cm³/mol. The van der Waals surface area contributed by atoms with Gasteiger partial charge in [-0.15, -0.1) is 0 Å². The average molecular weight is 251 g/mol. The Labute approximate surface area is 108 Å². The Hall–Kier alpha value is -1.46. The molecule has 5 nitrogen and oxygen atoms in total. The van der Waals surface area contributed by atoms with Crippen LogP contribution in [0.15, 0.2) is 23.4 Å². The molecule has 0 saturated carbocycles. The Morgan fingerprint density at radius 2 is 1.94 bits per heavy atom. The molecule has 0 bridgehead atoms. The summed E-state index contributed by atoms with van der Waals surface area (Å²) in [7, 11) is 3.19. The van der Waals surface area contributed by atoms with Crippen molar-refractivity contribution in [3.8, 4) is 0 Å². The zero-order valence-corrected chi connectivity index (χ0v) is 11.6. The summed E-state index contributed by atoms with van der Waals surface area (Å²) in [5.74, 6) is 0.914. The van der Waals surface area contributed by atoms with Crippen molar-refractivity contribution >= 4 is 11.5 Å². The quantitative estimate of drug-likeness (QED) is 0.479. The monoisotopic (exact) mass is 251 g/mol. The number of methoxy groups -OCH3 is 2. The molecule has 0 amide bonds. The molecule has 1 aromatic rings. The van der Waals surface area contributed by atoms with Crippen molar-refractivity contribution in [2.75, 3.05) is 19.6 Å². The summed E-state index contributed by atoms with van der Waals surface area (Å²) in [6.45, 7) is 6.06. The molecule has 5 heteroatoms. The maximum absolute atomic E-state index is 5.22. The molecule has 0 aliphatic carbocycles. The number of nitrogens with zero attached hydrogens (tertiary/aromatic N) is 2. The number of nitrogens with one attached hydrogen (secondary N) is 1. The zero-order valence-electron chi connectivity index (χ0n) is 11.6. The fraction of sp³-hybridized carbons (Fsp3) is 0.538. The first-order valence-corrected chi connectivity index (χ1v) is 5.90. The van der Waals surface area contributed by atoms with Gasteiger partial charge in [0.2, 0.25) is 0 Å². The van der Waals surface area contributed by atoms with Crippen molar-refractivity contribution in [3.05, 3.63) is 23.9 Å². The number of hydrogen-bond acceptors (Lipinski definition) is 5. The number of aryl methyl sites for hydroxylation is 1. The van der Waals surface area contributed by atoms with Crippen LogP contribution < -0.4 is 5.43 Å². The molecule has 18 heavy (non-hydrogen) atoms. The minimum Gasteiger partial charge on any atom is -0.351 e. The third kappa shape index (κ3) is 4.09. The molecule has 0 unspecified atom stereocenters. The van der Waals surface area contributed by atoms with Crippen LogP contribution in [-0.4, -0.2) is 31.2 Å². The molecule has 1 N–H and O–H groups in total. The molecule has 1 rings (SSSR count). The molecule has 0 fully saturated rings. The van der Waals surface area contributed by atoms with Crippen molar-refractivity contribution in [2.45, 2.75) is 27.1 Å². The van der Waals surface area contributed by atoms with Crippen LogP contribution >= 0.6 is 0 Å². The van der Waals surface area contributed by atoms with Gasteiger partial charge in [-0.3, -0.25) is 5.43 Å². The van der Waals surface area contributed by atoms with Crippen LogP contribution in [0.25, 0.3) is 0 Å². The van der Waals surface area contributed by atoms with E-state index in [9.17, 15) is 0 Å². The lowest BCUT2D eigenvalue weighted by Gasteiger charge is -2.18. The fourth-order valence-electron chi connectivity index (χ4n) is 1.45. The Bertz CT molecular complexity index is 384. The van der Waals surface area contributed by atoms with Gasteiger partial charge >= 0.3 is 0 Å². The first-order chi connectivity index (χ1) is 8.58. The largest absolute Gasteiger partial charge is 0.351 e. The van der Waals surface area contributed by atoms with E-state index in [0.717, 1.165) is 11.3 Å². The second-order valence-corrected chi connectivity index (χ2v) is 4.33. The zero-order chi connectivity index (χ0) is 13.5. The molecule has 0 aliphatic heterocycles. The highest BCUT2D eigenvalue weighted by atomic mass is 16.7. The van der Waals surface area contributed by atoms with Gasteiger partial charge in [-0.2, -0.15) is 5.10 Å². The Morgan fingerprint density at radius 1 is 1.28 bits per heavy atom. The van der Waals surface area contributed by atoms with E-state index in [1.165, 1.54) is 0 Å². The summed E-state index contributed by atoms with van der Waals surface area (Å²) in [5.41, 5.74) is 4.82. The third-order valence-corrected chi connectivity index (χ3v) is 2.47. The number of ether oxygens (including phenoxy) is 2. The number of hydrogen-bond donors (Lipinski definition) is 1. The number of hydrazone groups is 1. The van der Waals surface area contributed by atoms with Crippen LogP contribution in [0.5, 0.6) is 0 Å². The third-order valence-electron chi connectivity index (χ3n) is 2.47. The summed E-state index contributed by atoms with van der Waals surface area (Å²) < 4.78 is 10.4. The van der Waals surface area contributed by atoms with Crippen LogP contribution in [0.2, 0.25) is 0 Å². The molecule has 1 heterocycles. The van der Waals surface area contributed by atoms with Gasteiger partial charge in [0.1, 0.15) is 5.82 Å². The first kappa shape index (κ1) is 14.6. The van der Waals surface area contributed by atoms with Gasteiger partial charge in [-0.1, -0.05) is 19.9 Å². The number of rotatable bonds is 6. The summed E-state index contributed by atoms with van der Waals surface area (Å²) in [4.78, 5) is 4.22. The second-order valence-electron chi connectivity index (χ2n) is 4.33. The highest BCUT2D eigenvalue weighted by Crippen LogP contribution is 2.09. The van der Waals surface area contributed by atoms with Crippen molar-refractivity contribution in [3.63, 3.8) is 0 Å². The lowest BCUT2D eigenvalue weighted by Crippen LogP contribution is -2.30. The molecule has 0 spiro atoms. The topological polar surface area (TPSA) is 55.7 Å². The summed E-state index contributed by atoms with van der Waals surface area (Å²) in [5, 5.41) is 4.32. The summed E-state index contributed by atoms with van der Waals surface area (Å²) in [6, 6.07) is 3.86. The van der Waals surface area contributed by atoms with E-state index < -0.39 is 6.29 Å². The number of anilines is 1. The van der Waals surface area contributed by atoms with Gasteiger partial charge in [-0.05, 0) is 24.5 Å².